The van der Waals surface area contributed by atoms with Crippen LogP contribution in [0.5, 0.6) is 5.88 Å². The van der Waals surface area contributed by atoms with Crippen molar-refractivity contribution >= 4 is 28.9 Å². The first-order valence-corrected chi connectivity index (χ1v) is 6.12. The first-order chi connectivity index (χ1) is 8.69. The second kappa shape index (κ2) is 5.94. The summed E-state index contributed by atoms with van der Waals surface area (Å²) in [5, 5.41) is 4.48. The number of halogens is 2. The molecule has 0 radical (unpaired) electrons. The van der Waals surface area contributed by atoms with Crippen LogP contribution in [-0.4, -0.2) is 12.1 Å². The van der Waals surface area contributed by atoms with Crippen LogP contribution < -0.4 is 10.1 Å². The van der Waals surface area contributed by atoms with Crippen LogP contribution in [0.15, 0.2) is 36.5 Å². The quantitative estimate of drug-likeness (QED) is 0.920. The predicted molar refractivity (Wildman–Crippen MR) is 74.6 cm³/mol. The number of benzene rings is 1. The molecule has 1 aromatic heterocycles. The summed E-state index contributed by atoms with van der Waals surface area (Å²) < 4.78 is 5.16. The van der Waals surface area contributed by atoms with Crippen LogP contribution in [0.3, 0.4) is 0 Å². The predicted octanol–water partition coefficient (Wildman–Crippen LogP) is 4.01. The van der Waals surface area contributed by atoms with Crippen LogP contribution in [0.1, 0.15) is 5.56 Å². The number of anilines is 1. The van der Waals surface area contributed by atoms with Crippen molar-refractivity contribution in [3.8, 4) is 5.88 Å². The maximum Gasteiger partial charge on any atom is 0.237 e. The molecular weight excluding hydrogens is 271 g/mol. The number of methoxy groups -OCH3 is 1. The van der Waals surface area contributed by atoms with Gasteiger partial charge in [-0.3, -0.25) is 0 Å². The molecule has 0 amide bonds. The van der Waals surface area contributed by atoms with Crippen LogP contribution in [0.25, 0.3) is 0 Å². The van der Waals surface area contributed by atoms with E-state index in [4.69, 9.17) is 27.9 Å². The van der Waals surface area contributed by atoms with Crippen LogP contribution in [0.2, 0.25) is 10.0 Å². The van der Waals surface area contributed by atoms with Crippen LogP contribution in [0.4, 0.5) is 5.69 Å². The number of ether oxygens (including phenoxy) is 1. The molecule has 2 aromatic rings. The molecule has 0 saturated heterocycles. The SMILES string of the molecule is COc1ncccc1NCc1cc(Cl)cc(Cl)c1. The van der Waals surface area contributed by atoms with Gasteiger partial charge in [-0.1, -0.05) is 23.2 Å². The van der Waals surface area contributed by atoms with Gasteiger partial charge in [0, 0.05) is 22.8 Å². The Morgan fingerprint density at radius 3 is 2.61 bits per heavy atom. The summed E-state index contributed by atoms with van der Waals surface area (Å²) in [6, 6.07) is 9.18. The molecular formula is C13H12Cl2N2O. The molecule has 0 unspecified atom stereocenters. The van der Waals surface area contributed by atoms with Crippen molar-refractivity contribution in [1.82, 2.24) is 4.98 Å². The minimum Gasteiger partial charge on any atom is -0.480 e. The summed E-state index contributed by atoms with van der Waals surface area (Å²) in [4.78, 5) is 4.11. The van der Waals surface area contributed by atoms with Gasteiger partial charge in [0.25, 0.3) is 0 Å². The lowest BCUT2D eigenvalue weighted by Gasteiger charge is -2.10. The third kappa shape index (κ3) is 3.28. The van der Waals surface area contributed by atoms with Crippen molar-refractivity contribution in [3.05, 3.63) is 52.1 Å². The maximum atomic E-state index is 5.94. The van der Waals surface area contributed by atoms with E-state index in [1.807, 2.05) is 24.3 Å². The molecule has 0 bridgehead atoms. The second-order valence-corrected chi connectivity index (χ2v) is 4.56. The number of hydrogen-bond donors (Lipinski definition) is 1. The molecule has 0 aliphatic heterocycles. The fraction of sp³-hybridized carbons (Fsp3) is 0.154. The summed E-state index contributed by atoms with van der Waals surface area (Å²) in [5.41, 5.74) is 1.83. The molecule has 1 heterocycles. The smallest absolute Gasteiger partial charge is 0.237 e. The summed E-state index contributed by atoms with van der Waals surface area (Å²) in [7, 11) is 1.59. The molecule has 0 atom stereocenters. The first kappa shape index (κ1) is 13.0. The summed E-state index contributed by atoms with van der Waals surface area (Å²) >= 11 is 11.9. The highest BCUT2D eigenvalue weighted by Crippen LogP contribution is 2.23. The van der Waals surface area contributed by atoms with E-state index >= 15 is 0 Å². The van der Waals surface area contributed by atoms with E-state index in [-0.39, 0.29) is 0 Å². The average molecular weight is 283 g/mol. The van der Waals surface area contributed by atoms with Crippen molar-refractivity contribution in [2.75, 3.05) is 12.4 Å². The van der Waals surface area contributed by atoms with Gasteiger partial charge in [-0.15, -0.1) is 0 Å². The molecule has 1 aromatic carbocycles. The van der Waals surface area contributed by atoms with Crippen LogP contribution in [-0.2, 0) is 6.54 Å². The Kier molecular flexibility index (Phi) is 4.28. The van der Waals surface area contributed by atoms with E-state index in [0.29, 0.717) is 22.5 Å². The third-order valence-electron chi connectivity index (χ3n) is 2.37. The van der Waals surface area contributed by atoms with Crippen molar-refractivity contribution in [2.24, 2.45) is 0 Å². The topological polar surface area (TPSA) is 34.1 Å². The van der Waals surface area contributed by atoms with Gasteiger partial charge in [0.05, 0.1) is 12.8 Å². The molecule has 0 spiro atoms. The van der Waals surface area contributed by atoms with E-state index < -0.39 is 0 Å². The van der Waals surface area contributed by atoms with Crippen LogP contribution >= 0.6 is 23.2 Å². The Balaban J connectivity index is 2.11. The van der Waals surface area contributed by atoms with Crippen molar-refractivity contribution in [3.63, 3.8) is 0 Å². The second-order valence-electron chi connectivity index (χ2n) is 3.69. The fourth-order valence-electron chi connectivity index (χ4n) is 1.60. The van der Waals surface area contributed by atoms with Gasteiger partial charge >= 0.3 is 0 Å². The lowest BCUT2D eigenvalue weighted by molar-refractivity contribution is 0.399. The van der Waals surface area contributed by atoms with Crippen LogP contribution in [0, 0.1) is 0 Å². The Bertz CT molecular complexity index is 526. The Morgan fingerprint density at radius 1 is 1.22 bits per heavy atom. The van der Waals surface area contributed by atoms with Gasteiger partial charge in [-0.25, -0.2) is 4.98 Å². The zero-order valence-electron chi connectivity index (χ0n) is 9.78. The molecule has 18 heavy (non-hydrogen) atoms. The van der Waals surface area contributed by atoms with Gasteiger partial charge in [-0.2, -0.15) is 0 Å². The molecule has 94 valence electrons. The largest absolute Gasteiger partial charge is 0.480 e. The Labute approximate surface area is 116 Å². The highest BCUT2D eigenvalue weighted by atomic mass is 35.5. The molecule has 0 fully saturated rings. The molecule has 1 N–H and O–H groups in total. The highest BCUT2D eigenvalue weighted by molar-refractivity contribution is 6.34. The van der Waals surface area contributed by atoms with E-state index in [1.165, 1.54) is 0 Å². The van der Waals surface area contributed by atoms with Gasteiger partial charge < -0.3 is 10.1 Å². The number of rotatable bonds is 4. The fourth-order valence-corrected chi connectivity index (χ4v) is 2.17. The molecule has 0 aliphatic rings. The van der Waals surface area contributed by atoms with Crippen molar-refractivity contribution < 1.29 is 4.74 Å². The van der Waals surface area contributed by atoms with E-state index in [1.54, 1.807) is 19.4 Å². The average Bonchev–Trinajstić information content (AvgIpc) is 2.35. The number of hydrogen-bond acceptors (Lipinski definition) is 3. The van der Waals surface area contributed by atoms with Gasteiger partial charge in [-0.05, 0) is 35.9 Å². The molecule has 0 saturated carbocycles. The Morgan fingerprint density at radius 2 is 1.94 bits per heavy atom. The summed E-state index contributed by atoms with van der Waals surface area (Å²) in [6.45, 7) is 0.600. The minimum atomic E-state index is 0.561. The lowest BCUT2D eigenvalue weighted by atomic mass is 10.2. The minimum absolute atomic E-state index is 0.561. The van der Waals surface area contributed by atoms with Crippen molar-refractivity contribution in [1.29, 1.82) is 0 Å². The van der Waals surface area contributed by atoms with Gasteiger partial charge in [0.1, 0.15) is 0 Å². The standard InChI is InChI=1S/C13H12Cl2N2O/c1-18-13-12(3-2-4-16-13)17-8-9-5-10(14)7-11(15)6-9/h2-7,17H,8H2,1H3. The summed E-state index contributed by atoms with van der Waals surface area (Å²) in [5.74, 6) is 0.561. The molecule has 5 heteroatoms. The number of aromatic nitrogens is 1. The molecule has 0 aliphatic carbocycles. The number of nitrogens with zero attached hydrogens (tertiary/aromatic N) is 1. The molecule has 3 nitrogen and oxygen atoms in total. The highest BCUT2D eigenvalue weighted by Gasteiger charge is 2.03. The number of pyridine rings is 1. The van der Waals surface area contributed by atoms with Gasteiger partial charge in [0.15, 0.2) is 0 Å². The molecule has 2 rings (SSSR count). The Hall–Kier alpha value is -1.45. The third-order valence-corrected chi connectivity index (χ3v) is 2.81. The van der Waals surface area contributed by atoms with E-state index in [9.17, 15) is 0 Å². The normalized spacial score (nSPS) is 10.2. The van der Waals surface area contributed by atoms with E-state index in [0.717, 1.165) is 11.3 Å². The van der Waals surface area contributed by atoms with Crippen molar-refractivity contribution in [2.45, 2.75) is 6.54 Å². The zero-order chi connectivity index (χ0) is 13.0. The first-order valence-electron chi connectivity index (χ1n) is 5.37. The monoisotopic (exact) mass is 282 g/mol. The summed E-state index contributed by atoms with van der Waals surface area (Å²) in [6.07, 6.45) is 1.68. The van der Waals surface area contributed by atoms with Gasteiger partial charge in [0.2, 0.25) is 5.88 Å². The lowest BCUT2D eigenvalue weighted by Crippen LogP contribution is -2.02. The zero-order valence-corrected chi connectivity index (χ0v) is 11.3. The maximum absolute atomic E-state index is 5.94. The number of nitrogens with one attached hydrogen (secondary N) is 1. The van der Waals surface area contributed by atoms with E-state index in [2.05, 4.69) is 10.3 Å².